The number of nitrogens with one attached hydrogen (secondary N) is 2. The Balaban J connectivity index is 1.22. The number of piperazine rings is 1. The molecule has 4 heterocycles. The second-order valence-electron chi connectivity index (χ2n) is 9.33. The summed E-state index contributed by atoms with van der Waals surface area (Å²) in [6.45, 7) is 3.91. The van der Waals surface area contributed by atoms with Gasteiger partial charge in [0.15, 0.2) is 11.6 Å². The Labute approximate surface area is 226 Å². The summed E-state index contributed by atoms with van der Waals surface area (Å²) in [6.07, 6.45) is 3.40. The molecule has 196 valence electrons. The maximum atomic E-state index is 6.15. The Morgan fingerprint density at radius 2 is 1.59 bits per heavy atom. The van der Waals surface area contributed by atoms with Gasteiger partial charge in [0.05, 0.1) is 11.3 Å². The van der Waals surface area contributed by atoms with Gasteiger partial charge in [0.1, 0.15) is 5.75 Å². The Hall–Kier alpha value is -4.83. The lowest BCUT2D eigenvalue weighted by atomic mass is 10.1. The van der Waals surface area contributed by atoms with E-state index >= 15 is 0 Å². The van der Waals surface area contributed by atoms with Gasteiger partial charge in [-0.25, -0.2) is 15.0 Å². The fourth-order valence-electron chi connectivity index (χ4n) is 4.58. The maximum absolute atomic E-state index is 6.15. The molecule has 1 saturated heterocycles. The first-order valence-electron chi connectivity index (χ1n) is 12.9. The molecule has 3 aromatic heterocycles. The fraction of sp³-hybridized carbons (Fsp3) is 0.207. The minimum absolute atomic E-state index is 0.468. The lowest BCUT2D eigenvalue weighted by molar-refractivity contribution is 0.312. The first-order valence-corrected chi connectivity index (χ1v) is 12.9. The van der Waals surface area contributed by atoms with Crippen molar-refractivity contribution in [2.75, 3.05) is 55.8 Å². The van der Waals surface area contributed by atoms with E-state index in [1.165, 1.54) is 0 Å². The van der Waals surface area contributed by atoms with Gasteiger partial charge in [-0.1, -0.05) is 24.3 Å². The number of hydrogen-bond donors (Lipinski definition) is 2. The second kappa shape index (κ2) is 10.9. The molecular formula is C29H29N9O. The lowest BCUT2D eigenvalue weighted by Crippen LogP contribution is -2.45. The van der Waals surface area contributed by atoms with Crippen molar-refractivity contribution in [3.05, 3.63) is 79.1 Å². The van der Waals surface area contributed by atoms with Crippen molar-refractivity contribution in [3.8, 4) is 22.9 Å². The zero-order valence-corrected chi connectivity index (χ0v) is 21.9. The monoisotopic (exact) mass is 519 g/mol. The van der Waals surface area contributed by atoms with Gasteiger partial charge in [-0.2, -0.15) is 0 Å². The quantitative estimate of drug-likeness (QED) is 0.311. The molecule has 10 nitrogen and oxygen atoms in total. The number of fused-ring (bicyclic) bond motifs is 1. The maximum Gasteiger partial charge on any atom is 0.228 e. The lowest BCUT2D eigenvalue weighted by Gasteiger charge is -2.33. The summed E-state index contributed by atoms with van der Waals surface area (Å²) >= 11 is 0. The first-order chi connectivity index (χ1) is 19.2. The molecule has 2 N–H and O–H groups in total. The molecule has 1 aliphatic rings. The van der Waals surface area contributed by atoms with E-state index in [0.29, 0.717) is 23.4 Å². The molecule has 1 fully saturated rings. The Kier molecular flexibility index (Phi) is 6.84. The van der Waals surface area contributed by atoms with Crippen LogP contribution in [0.25, 0.3) is 22.0 Å². The average Bonchev–Trinajstić information content (AvgIpc) is 2.99. The van der Waals surface area contributed by atoms with Crippen LogP contribution in [0.4, 0.5) is 23.3 Å². The normalized spacial score (nSPS) is 13.8. The van der Waals surface area contributed by atoms with Gasteiger partial charge in [0, 0.05) is 62.1 Å². The Bertz CT molecular complexity index is 1580. The van der Waals surface area contributed by atoms with Crippen LogP contribution in [0.5, 0.6) is 11.6 Å². The molecule has 5 aromatic rings. The van der Waals surface area contributed by atoms with Gasteiger partial charge >= 0.3 is 0 Å². The highest BCUT2D eigenvalue weighted by Crippen LogP contribution is 2.33. The van der Waals surface area contributed by atoms with Crippen molar-refractivity contribution in [1.29, 1.82) is 0 Å². The molecule has 0 saturated carbocycles. The van der Waals surface area contributed by atoms with E-state index in [4.69, 9.17) is 4.74 Å². The largest absolute Gasteiger partial charge is 0.438 e. The van der Waals surface area contributed by atoms with Crippen molar-refractivity contribution in [2.45, 2.75) is 0 Å². The highest BCUT2D eigenvalue weighted by Gasteiger charge is 2.19. The molecule has 1 aliphatic heterocycles. The third kappa shape index (κ3) is 5.27. The molecule has 0 bridgehead atoms. The second-order valence-corrected chi connectivity index (χ2v) is 9.33. The predicted molar refractivity (Wildman–Crippen MR) is 154 cm³/mol. The van der Waals surface area contributed by atoms with E-state index < -0.39 is 0 Å². The third-order valence-corrected chi connectivity index (χ3v) is 6.73. The minimum atomic E-state index is 0.468. The summed E-state index contributed by atoms with van der Waals surface area (Å²) in [5.41, 5.74) is 2.38. The predicted octanol–water partition coefficient (Wildman–Crippen LogP) is 4.81. The van der Waals surface area contributed by atoms with Gasteiger partial charge < -0.3 is 25.2 Å². The van der Waals surface area contributed by atoms with Crippen LogP contribution in [0.15, 0.2) is 79.1 Å². The van der Waals surface area contributed by atoms with Crippen LogP contribution in [-0.4, -0.2) is 70.3 Å². The van der Waals surface area contributed by atoms with Gasteiger partial charge in [-0.3, -0.25) is 0 Å². The molecule has 0 radical (unpaired) electrons. The highest BCUT2D eigenvalue weighted by molar-refractivity contribution is 5.99. The molecule has 0 spiro atoms. The van der Waals surface area contributed by atoms with E-state index in [9.17, 15) is 0 Å². The molecule has 0 unspecified atom stereocenters. The van der Waals surface area contributed by atoms with Crippen LogP contribution >= 0.6 is 0 Å². The van der Waals surface area contributed by atoms with E-state index in [1.807, 2.05) is 54.6 Å². The standard InChI is InChI=1S/C29H29N9O/c1-30-29-32-15-13-25(34-29)24-8-5-14-31-28(24)39-21-11-9-20(10-12-21)33-26-22-6-3-4-7-23(22)27(36-35-26)38-18-16-37(2)17-19-38/h3-15H,16-19H2,1-2H3,(H,33,35)(H,30,32,34). The van der Waals surface area contributed by atoms with Gasteiger partial charge in [0.25, 0.3) is 0 Å². The number of rotatable bonds is 7. The van der Waals surface area contributed by atoms with Crippen molar-refractivity contribution < 1.29 is 4.74 Å². The summed E-state index contributed by atoms with van der Waals surface area (Å²) in [4.78, 5) is 17.8. The topological polar surface area (TPSA) is 104 Å². The molecule has 0 aliphatic carbocycles. The number of aromatic nitrogens is 5. The summed E-state index contributed by atoms with van der Waals surface area (Å²) in [5.74, 6) is 3.31. The number of benzene rings is 2. The van der Waals surface area contributed by atoms with Crippen LogP contribution in [-0.2, 0) is 0 Å². The zero-order valence-electron chi connectivity index (χ0n) is 21.9. The number of ether oxygens (including phenoxy) is 1. The summed E-state index contributed by atoms with van der Waals surface area (Å²) in [6, 6.07) is 21.6. The third-order valence-electron chi connectivity index (χ3n) is 6.73. The van der Waals surface area contributed by atoms with Crippen LogP contribution < -0.4 is 20.3 Å². The zero-order chi connectivity index (χ0) is 26.6. The smallest absolute Gasteiger partial charge is 0.228 e. The van der Waals surface area contributed by atoms with Crippen LogP contribution in [0.2, 0.25) is 0 Å². The van der Waals surface area contributed by atoms with Crippen LogP contribution in [0.3, 0.4) is 0 Å². The Morgan fingerprint density at radius 1 is 0.795 bits per heavy atom. The van der Waals surface area contributed by atoms with E-state index in [0.717, 1.165) is 59.7 Å². The van der Waals surface area contributed by atoms with Gasteiger partial charge in [-0.05, 0) is 49.5 Å². The van der Waals surface area contributed by atoms with E-state index in [2.05, 4.69) is 64.8 Å². The number of nitrogens with zero attached hydrogens (tertiary/aromatic N) is 7. The summed E-state index contributed by atoms with van der Waals surface area (Å²) in [7, 11) is 3.93. The first kappa shape index (κ1) is 24.5. The van der Waals surface area contributed by atoms with Crippen molar-refractivity contribution >= 4 is 34.0 Å². The van der Waals surface area contributed by atoms with Crippen molar-refractivity contribution in [3.63, 3.8) is 0 Å². The van der Waals surface area contributed by atoms with Crippen molar-refractivity contribution in [2.24, 2.45) is 0 Å². The number of anilines is 4. The van der Waals surface area contributed by atoms with Gasteiger partial charge in [0.2, 0.25) is 11.8 Å². The highest BCUT2D eigenvalue weighted by atomic mass is 16.5. The SMILES string of the molecule is CNc1nccc(-c2cccnc2Oc2ccc(Nc3nnc(N4CCN(C)CC4)c4ccccc34)cc2)n1. The summed E-state index contributed by atoms with van der Waals surface area (Å²) < 4.78 is 6.15. The number of likely N-dealkylation sites (N-methyl/N-ethyl adjacent to an activating group) is 1. The average molecular weight is 520 g/mol. The Morgan fingerprint density at radius 3 is 2.38 bits per heavy atom. The van der Waals surface area contributed by atoms with Gasteiger partial charge in [-0.15, -0.1) is 10.2 Å². The molecular weight excluding hydrogens is 490 g/mol. The molecule has 6 rings (SSSR count). The fourth-order valence-corrected chi connectivity index (χ4v) is 4.58. The molecule has 0 amide bonds. The number of pyridine rings is 1. The van der Waals surface area contributed by atoms with Crippen LogP contribution in [0.1, 0.15) is 0 Å². The molecule has 39 heavy (non-hydrogen) atoms. The molecule has 0 atom stereocenters. The summed E-state index contributed by atoms with van der Waals surface area (Å²) in [5, 5.41) is 17.7. The van der Waals surface area contributed by atoms with E-state index in [1.54, 1.807) is 19.4 Å². The minimum Gasteiger partial charge on any atom is -0.438 e. The molecule has 10 heteroatoms. The molecule has 2 aromatic carbocycles. The number of hydrogen-bond acceptors (Lipinski definition) is 10. The van der Waals surface area contributed by atoms with E-state index in [-0.39, 0.29) is 0 Å². The van der Waals surface area contributed by atoms with Crippen LogP contribution in [0, 0.1) is 0 Å². The van der Waals surface area contributed by atoms with Crippen molar-refractivity contribution in [1.82, 2.24) is 30.0 Å².